The summed E-state index contributed by atoms with van der Waals surface area (Å²) in [6, 6.07) is 5.48. The highest BCUT2D eigenvalue weighted by Gasteiger charge is 2.24. The molecular weight excluding hydrogens is 484 g/mol. The number of unbranched alkanes of at least 4 members (excludes halogenated alkanes) is 1. The summed E-state index contributed by atoms with van der Waals surface area (Å²) in [6.45, 7) is 1.54. The Morgan fingerprint density at radius 1 is 0.639 bits per heavy atom. The maximum atomic E-state index is 10.5. The molecule has 0 aliphatic carbocycles. The predicted molar refractivity (Wildman–Crippen MR) is 127 cm³/mol. The third-order valence-electron chi connectivity index (χ3n) is 4.49. The Labute approximate surface area is 208 Å². The molecule has 208 valence electrons. The zero-order valence-electron chi connectivity index (χ0n) is 20.2. The topological polar surface area (TPSA) is 250 Å². The van der Waals surface area contributed by atoms with E-state index >= 15 is 0 Å². The summed E-state index contributed by atoms with van der Waals surface area (Å²) in [6.07, 6.45) is 2.11. The molecule has 36 heavy (non-hydrogen) atoms. The molecule has 0 aliphatic rings. The molecule has 0 bridgehead atoms. The minimum absolute atomic E-state index is 0.0628. The summed E-state index contributed by atoms with van der Waals surface area (Å²) in [5, 5.41) is 75.1. The third kappa shape index (κ3) is 20.3. The van der Waals surface area contributed by atoms with Crippen LogP contribution in [0.4, 0.5) is 0 Å². The molecule has 0 atom stereocenters. The number of aliphatic carboxylic acids is 2. The Morgan fingerprint density at radius 2 is 0.972 bits per heavy atom. The van der Waals surface area contributed by atoms with Crippen molar-refractivity contribution in [2.45, 2.75) is 45.4 Å². The summed E-state index contributed by atoms with van der Waals surface area (Å²) in [7, 11) is 0. The fraction of sp³-hybridized carbons (Fsp3) is 0.565. The first-order chi connectivity index (χ1) is 16.9. The van der Waals surface area contributed by atoms with E-state index in [1.165, 1.54) is 24.3 Å². The molecule has 0 amide bonds. The lowest BCUT2D eigenvalue weighted by atomic mass is 9.88. The van der Waals surface area contributed by atoms with Gasteiger partial charge in [-0.05, 0) is 37.8 Å². The number of carboxylic acids is 4. The average Bonchev–Trinajstić information content (AvgIpc) is 2.85. The first-order valence-corrected chi connectivity index (χ1v) is 10.9. The van der Waals surface area contributed by atoms with E-state index in [1.807, 2.05) is 6.92 Å². The van der Waals surface area contributed by atoms with Crippen LogP contribution in [-0.4, -0.2) is 103 Å². The summed E-state index contributed by atoms with van der Waals surface area (Å²) in [5.41, 5.74) is -1.05. The molecule has 13 heteroatoms. The fourth-order valence-electron chi connectivity index (χ4n) is 1.96. The molecule has 13 nitrogen and oxygen atoms in total. The van der Waals surface area contributed by atoms with Gasteiger partial charge in [0, 0.05) is 31.5 Å². The maximum Gasteiger partial charge on any atom is 0.336 e. The van der Waals surface area contributed by atoms with Crippen molar-refractivity contribution in [3.05, 3.63) is 35.4 Å². The van der Waals surface area contributed by atoms with Crippen molar-refractivity contribution in [3.63, 3.8) is 0 Å². The summed E-state index contributed by atoms with van der Waals surface area (Å²) >= 11 is 0. The van der Waals surface area contributed by atoms with Crippen LogP contribution < -0.4 is 0 Å². The fourth-order valence-corrected chi connectivity index (χ4v) is 1.96. The van der Waals surface area contributed by atoms with E-state index in [9.17, 15) is 19.2 Å². The molecule has 0 saturated heterocycles. The number of benzene rings is 1. The zero-order chi connectivity index (χ0) is 28.6. The molecule has 0 saturated carbocycles. The zero-order valence-corrected chi connectivity index (χ0v) is 20.2. The predicted octanol–water partition coefficient (Wildman–Crippen LogP) is 0.520. The van der Waals surface area contributed by atoms with Crippen LogP contribution in [0.15, 0.2) is 24.3 Å². The third-order valence-corrected chi connectivity index (χ3v) is 4.49. The highest BCUT2D eigenvalue weighted by molar-refractivity contribution is 6.01. The van der Waals surface area contributed by atoms with Crippen LogP contribution in [0.2, 0.25) is 0 Å². The summed E-state index contributed by atoms with van der Waals surface area (Å²) in [4.78, 5) is 40.7. The molecule has 0 aromatic heterocycles. The first kappa shape index (κ1) is 37.4. The monoisotopic (exact) mass is 522 g/mol. The molecular formula is C23H38O13. The van der Waals surface area contributed by atoms with Crippen LogP contribution in [0.25, 0.3) is 0 Å². The van der Waals surface area contributed by atoms with E-state index in [-0.39, 0.29) is 57.0 Å². The lowest BCUT2D eigenvalue weighted by molar-refractivity contribution is -0.139. The second kappa shape index (κ2) is 23.6. The van der Waals surface area contributed by atoms with E-state index in [1.54, 1.807) is 0 Å². The van der Waals surface area contributed by atoms with Crippen LogP contribution in [0.5, 0.6) is 0 Å². The molecule has 9 N–H and O–H groups in total. The SMILES string of the molecule is CCC(CO)(CO)CO.O=C(O)CCCCC(=O)O.O=C(O)c1ccccc1C(=O)O.OCCCO. The Balaban J connectivity index is -0.000000420. The van der Waals surface area contributed by atoms with Gasteiger partial charge in [0.15, 0.2) is 0 Å². The van der Waals surface area contributed by atoms with Crippen LogP contribution in [0.3, 0.4) is 0 Å². The summed E-state index contributed by atoms with van der Waals surface area (Å²) in [5.74, 6) is -4.20. The van der Waals surface area contributed by atoms with Crippen LogP contribution in [-0.2, 0) is 9.59 Å². The Kier molecular flexibility index (Phi) is 24.6. The van der Waals surface area contributed by atoms with Crippen LogP contribution in [0.1, 0.15) is 66.2 Å². The van der Waals surface area contributed by atoms with Crippen molar-refractivity contribution in [3.8, 4) is 0 Å². The van der Waals surface area contributed by atoms with E-state index in [2.05, 4.69) is 0 Å². The van der Waals surface area contributed by atoms with E-state index in [4.69, 9.17) is 46.0 Å². The number of carboxylic acid groups (broad SMARTS) is 4. The Hall–Kier alpha value is -3.10. The lowest BCUT2D eigenvalue weighted by Crippen LogP contribution is -2.32. The van der Waals surface area contributed by atoms with Gasteiger partial charge in [0.2, 0.25) is 0 Å². The summed E-state index contributed by atoms with van der Waals surface area (Å²) < 4.78 is 0. The van der Waals surface area contributed by atoms with Gasteiger partial charge in [-0.1, -0.05) is 19.1 Å². The van der Waals surface area contributed by atoms with Crippen molar-refractivity contribution in [2.24, 2.45) is 5.41 Å². The highest BCUT2D eigenvalue weighted by Crippen LogP contribution is 2.18. The van der Waals surface area contributed by atoms with Crippen molar-refractivity contribution in [1.82, 2.24) is 0 Å². The van der Waals surface area contributed by atoms with Gasteiger partial charge in [0.05, 0.1) is 30.9 Å². The quantitative estimate of drug-likeness (QED) is 0.160. The number of rotatable bonds is 13. The second-order valence-electron chi connectivity index (χ2n) is 7.28. The van der Waals surface area contributed by atoms with Gasteiger partial charge >= 0.3 is 23.9 Å². The van der Waals surface area contributed by atoms with E-state index in [0.717, 1.165) is 0 Å². The van der Waals surface area contributed by atoms with Gasteiger partial charge in [-0.3, -0.25) is 9.59 Å². The minimum atomic E-state index is -1.23. The number of aromatic carboxylic acids is 2. The number of aliphatic hydroxyl groups excluding tert-OH is 5. The molecule has 1 rings (SSSR count). The Morgan fingerprint density at radius 3 is 1.11 bits per heavy atom. The van der Waals surface area contributed by atoms with Crippen molar-refractivity contribution in [2.75, 3.05) is 33.0 Å². The molecule has 0 spiro atoms. The van der Waals surface area contributed by atoms with Gasteiger partial charge in [-0.25, -0.2) is 9.59 Å². The number of carbonyl (C=O) groups is 4. The molecule has 0 unspecified atom stereocenters. The Bertz CT molecular complexity index is 677. The molecule has 0 aliphatic heterocycles. The van der Waals surface area contributed by atoms with Gasteiger partial charge < -0.3 is 46.0 Å². The largest absolute Gasteiger partial charge is 0.481 e. The standard InChI is InChI=1S/C8H6O4.C6H10O4.C6H14O3.C3H8O2/c9-7(10)5-3-1-2-4-6(5)8(11)12;7-5(8)3-1-2-4-6(9)10;1-2-6(3-7,4-8)5-9;4-2-1-3-5/h1-4H,(H,9,10)(H,11,12);1-4H2,(H,7,8)(H,9,10);7-9H,2-5H2,1H3;4-5H,1-3H2. The number of aliphatic hydroxyl groups is 5. The van der Waals surface area contributed by atoms with Gasteiger partial charge in [-0.2, -0.15) is 0 Å². The van der Waals surface area contributed by atoms with Crippen LogP contribution in [0, 0.1) is 5.41 Å². The molecule has 0 heterocycles. The minimum Gasteiger partial charge on any atom is -0.481 e. The van der Waals surface area contributed by atoms with E-state index in [0.29, 0.717) is 25.7 Å². The van der Waals surface area contributed by atoms with Crippen molar-refractivity contribution in [1.29, 1.82) is 0 Å². The second-order valence-corrected chi connectivity index (χ2v) is 7.28. The van der Waals surface area contributed by atoms with Crippen molar-refractivity contribution < 1.29 is 65.1 Å². The smallest absolute Gasteiger partial charge is 0.336 e. The highest BCUT2D eigenvalue weighted by atomic mass is 16.4. The van der Waals surface area contributed by atoms with Gasteiger partial charge in [-0.15, -0.1) is 0 Å². The molecule has 1 aromatic carbocycles. The molecule has 0 radical (unpaired) electrons. The maximum absolute atomic E-state index is 10.5. The molecule has 1 aromatic rings. The van der Waals surface area contributed by atoms with Crippen LogP contribution >= 0.6 is 0 Å². The first-order valence-electron chi connectivity index (χ1n) is 10.9. The normalized spacial score (nSPS) is 9.83. The van der Waals surface area contributed by atoms with Gasteiger partial charge in [0.1, 0.15) is 0 Å². The lowest BCUT2D eigenvalue weighted by Gasteiger charge is -2.24. The number of hydrogen-bond acceptors (Lipinski definition) is 9. The van der Waals surface area contributed by atoms with Gasteiger partial charge in [0.25, 0.3) is 0 Å². The number of hydrogen-bond donors (Lipinski definition) is 9. The van der Waals surface area contributed by atoms with E-state index < -0.39 is 29.3 Å². The average molecular weight is 523 g/mol. The van der Waals surface area contributed by atoms with Crippen molar-refractivity contribution >= 4 is 23.9 Å². The molecule has 0 fully saturated rings.